The number of rotatable bonds is 4. The molecule has 0 bridgehead atoms. The summed E-state index contributed by atoms with van der Waals surface area (Å²) in [5.74, 6) is -1.12. The predicted molar refractivity (Wildman–Crippen MR) is 112 cm³/mol. The van der Waals surface area contributed by atoms with Gasteiger partial charge in [0.05, 0.1) is 30.7 Å². The molecule has 2 aromatic rings. The minimum absolute atomic E-state index is 0.0732. The van der Waals surface area contributed by atoms with Crippen LogP contribution in [0.1, 0.15) is 23.2 Å². The highest BCUT2D eigenvalue weighted by molar-refractivity contribution is 6.30. The fourth-order valence-electron chi connectivity index (χ4n) is 5.29. The Bertz CT molecular complexity index is 1020. The van der Waals surface area contributed by atoms with Crippen molar-refractivity contribution < 1.29 is 19.1 Å². The highest BCUT2D eigenvalue weighted by Gasteiger charge is 2.64. The molecule has 0 spiro atoms. The average Bonchev–Trinajstić information content (AvgIpc) is 3.40. The van der Waals surface area contributed by atoms with Crippen LogP contribution in [-0.2, 0) is 9.59 Å². The molecule has 0 radical (unpaired) electrons. The zero-order chi connectivity index (χ0) is 21.0. The van der Waals surface area contributed by atoms with Crippen LogP contribution >= 0.6 is 11.6 Å². The van der Waals surface area contributed by atoms with Gasteiger partial charge in [0.1, 0.15) is 5.75 Å². The highest BCUT2D eigenvalue weighted by Crippen LogP contribution is 2.48. The average molecular weight is 425 g/mol. The van der Waals surface area contributed by atoms with E-state index in [-0.39, 0.29) is 23.6 Å². The lowest BCUT2D eigenvalue weighted by Gasteiger charge is -2.27. The minimum Gasteiger partial charge on any atom is -0.497 e. The number of benzene rings is 2. The van der Waals surface area contributed by atoms with E-state index in [0.29, 0.717) is 22.0 Å². The van der Waals surface area contributed by atoms with Gasteiger partial charge in [-0.3, -0.25) is 19.3 Å². The van der Waals surface area contributed by atoms with Crippen molar-refractivity contribution in [1.82, 2.24) is 4.90 Å². The Labute approximate surface area is 179 Å². The SMILES string of the molecule is COc1ccc(N2C(=O)[C@@H]3[C@H](C2=O)[C@@H]2CCCN2[C@@H]3C(=O)c2ccc(Cl)cc2)cc1. The number of carbonyl (C=O) groups excluding carboxylic acids is 3. The van der Waals surface area contributed by atoms with Gasteiger partial charge in [-0.15, -0.1) is 0 Å². The summed E-state index contributed by atoms with van der Waals surface area (Å²) in [7, 11) is 1.56. The number of Topliss-reactive ketones (excluding diaryl/α,β-unsaturated/α-hetero) is 1. The molecule has 0 N–H and O–H groups in total. The van der Waals surface area contributed by atoms with E-state index in [1.165, 1.54) is 4.90 Å². The quantitative estimate of drug-likeness (QED) is 0.557. The number of methoxy groups -OCH3 is 1. The number of ketones is 1. The van der Waals surface area contributed by atoms with Gasteiger partial charge in [0, 0.05) is 16.6 Å². The number of nitrogens with zero attached hydrogens (tertiary/aromatic N) is 2. The van der Waals surface area contributed by atoms with E-state index in [9.17, 15) is 14.4 Å². The standard InChI is InChI=1S/C23H21ClN2O4/c1-30-16-10-8-15(9-11-16)26-22(28)18-17-3-2-12-25(17)20(19(18)23(26)29)21(27)13-4-6-14(24)7-5-13/h4-11,17-20H,2-3,12H2,1H3/t17-,18+,19+,20-/m0/s1. The first-order valence-corrected chi connectivity index (χ1v) is 10.5. The normalized spacial score (nSPS) is 28.0. The maximum atomic E-state index is 13.5. The number of ether oxygens (including phenoxy) is 1. The zero-order valence-corrected chi connectivity index (χ0v) is 17.2. The van der Waals surface area contributed by atoms with Crippen LogP contribution in [0.25, 0.3) is 0 Å². The van der Waals surface area contributed by atoms with Crippen molar-refractivity contribution >= 4 is 34.9 Å². The predicted octanol–water partition coefficient (Wildman–Crippen LogP) is 3.18. The van der Waals surface area contributed by atoms with Crippen molar-refractivity contribution in [1.29, 1.82) is 0 Å². The highest BCUT2D eigenvalue weighted by atomic mass is 35.5. The van der Waals surface area contributed by atoms with Crippen LogP contribution < -0.4 is 9.64 Å². The fraction of sp³-hybridized carbons (Fsp3) is 0.348. The van der Waals surface area contributed by atoms with Crippen LogP contribution in [0.5, 0.6) is 5.75 Å². The van der Waals surface area contributed by atoms with Crippen LogP contribution in [0.2, 0.25) is 5.02 Å². The van der Waals surface area contributed by atoms with E-state index >= 15 is 0 Å². The fourth-order valence-corrected chi connectivity index (χ4v) is 5.41. The van der Waals surface area contributed by atoms with E-state index in [2.05, 4.69) is 4.90 Å². The Kier molecular flexibility index (Phi) is 4.64. The first-order valence-electron chi connectivity index (χ1n) is 10.1. The van der Waals surface area contributed by atoms with E-state index < -0.39 is 17.9 Å². The van der Waals surface area contributed by atoms with Gasteiger partial charge < -0.3 is 4.74 Å². The lowest BCUT2D eigenvalue weighted by molar-refractivity contribution is -0.123. The molecule has 3 aliphatic heterocycles. The summed E-state index contributed by atoms with van der Waals surface area (Å²) in [5.41, 5.74) is 1.03. The summed E-state index contributed by atoms with van der Waals surface area (Å²) in [4.78, 5) is 43.6. The molecular formula is C23H21ClN2O4. The van der Waals surface area contributed by atoms with Gasteiger partial charge in [0.15, 0.2) is 5.78 Å². The lowest BCUT2D eigenvalue weighted by atomic mass is 9.85. The maximum absolute atomic E-state index is 13.5. The number of amides is 2. The number of halogens is 1. The summed E-state index contributed by atoms with van der Waals surface area (Å²) < 4.78 is 5.17. The van der Waals surface area contributed by atoms with Crippen molar-refractivity contribution in [3.8, 4) is 5.75 Å². The largest absolute Gasteiger partial charge is 0.497 e. The van der Waals surface area contributed by atoms with Gasteiger partial charge in [0.2, 0.25) is 11.8 Å². The smallest absolute Gasteiger partial charge is 0.239 e. The van der Waals surface area contributed by atoms with Gasteiger partial charge in [-0.1, -0.05) is 11.6 Å². The van der Waals surface area contributed by atoms with Gasteiger partial charge in [-0.05, 0) is 67.9 Å². The Hall–Kier alpha value is -2.70. The second kappa shape index (κ2) is 7.22. The van der Waals surface area contributed by atoms with Crippen molar-refractivity contribution in [3.63, 3.8) is 0 Å². The summed E-state index contributed by atoms with van der Waals surface area (Å²) in [6.45, 7) is 0.727. The second-order valence-corrected chi connectivity index (χ2v) is 8.46. The number of fused-ring (bicyclic) bond motifs is 3. The molecule has 6 nitrogen and oxygen atoms in total. The van der Waals surface area contributed by atoms with E-state index in [4.69, 9.17) is 16.3 Å². The van der Waals surface area contributed by atoms with Crippen LogP contribution in [0.3, 0.4) is 0 Å². The number of anilines is 1. The molecule has 3 saturated heterocycles. The van der Waals surface area contributed by atoms with Gasteiger partial charge in [0.25, 0.3) is 0 Å². The first-order chi connectivity index (χ1) is 14.5. The summed E-state index contributed by atoms with van der Waals surface area (Å²) in [6, 6.07) is 12.9. The Balaban J connectivity index is 1.52. The first kappa shape index (κ1) is 19.3. The number of hydrogen-bond donors (Lipinski definition) is 0. The summed E-state index contributed by atoms with van der Waals surface area (Å²) >= 11 is 5.97. The topological polar surface area (TPSA) is 66.9 Å². The molecule has 4 atom stereocenters. The zero-order valence-electron chi connectivity index (χ0n) is 16.5. The monoisotopic (exact) mass is 424 g/mol. The molecule has 2 aromatic carbocycles. The lowest BCUT2D eigenvalue weighted by Crippen LogP contribution is -2.46. The van der Waals surface area contributed by atoms with Crippen molar-refractivity contribution in [2.45, 2.75) is 24.9 Å². The molecule has 3 aliphatic rings. The molecule has 7 heteroatoms. The Morgan fingerprint density at radius 2 is 1.67 bits per heavy atom. The molecule has 154 valence electrons. The van der Waals surface area contributed by atoms with Gasteiger partial charge in [-0.2, -0.15) is 0 Å². The third kappa shape index (κ3) is 2.78. The van der Waals surface area contributed by atoms with Crippen LogP contribution in [0.4, 0.5) is 5.69 Å². The van der Waals surface area contributed by atoms with Crippen LogP contribution in [-0.4, -0.2) is 48.2 Å². The molecule has 0 aliphatic carbocycles. The van der Waals surface area contributed by atoms with Gasteiger partial charge in [-0.25, -0.2) is 4.90 Å². The van der Waals surface area contributed by atoms with E-state index in [0.717, 1.165) is 19.4 Å². The maximum Gasteiger partial charge on any atom is 0.239 e. The van der Waals surface area contributed by atoms with Crippen LogP contribution in [0.15, 0.2) is 48.5 Å². The molecule has 0 saturated carbocycles. The molecule has 30 heavy (non-hydrogen) atoms. The summed E-state index contributed by atoms with van der Waals surface area (Å²) in [6.07, 6.45) is 1.74. The van der Waals surface area contributed by atoms with E-state index in [1.54, 1.807) is 55.6 Å². The third-order valence-electron chi connectivity index (χ3n) is 6.58. The number of carbonyl (C=O) groups is 3. The molecule has 0 unspecified atom stereocenters. The van der Waals surface area contributed by atoms with E-state index in [1.807, 2.05) is 0 Å². The number of hydrogen-bond acceptors (Lipinski definition) is 5. The minimum atomic E-state index is -0.659. The number of imide groups is 1. The van der Waals surface area contributed by atoms with Crippen molar-refractivity contribution in [2.24, 2.45) is 11.8 Å². The third-order valence-corrected chi connectivity index (χ3v) is 6.83. The molecule has 5 rings (SSSR count). The molecule has 3 heterocycles. The Morgan fingerprint density at radius 3 is 2.33 bits per heavy atom. The van der Waals surface area contributed by atoms with Crippen molar-refractivity contribution in [2.75, 3.05) is 18.6 Å². The molecule has 0 aromatic heterocycles. The van der Waals surface area contributed by atoms with Crippen molar-refractivity contribution in [3.05, 3.63) is 59.1 Å². The molecule has 3 fully saturated rings. The van der Waals surface area contributed by atoms with Crippen LogP contribution in [0, 0.1) is 11.8 Å². The second-order valence-electron chi connectivity index (χ2n) is 8.02. The molecular weight excluding hydrogens is 404 g/mol. The summed E-state index contributed by atoms with van der Waals surface area (Å²) in [5, 5.41) is 0.549. The van der Waals surface area contributed by atoms with Gasteiger partial charge >= 0.3 is 0 Å². The Morgan fingerprint density at radius 1 is 1.00 bits per heavy atom. The molecule has 2 amide bonds.